The van der Waals surface area contributed by atoms with Gasteiger partial charge in [0.1, 0.15) is 12.6 Å². The largest absolute Gasteiger partial charge is 0.449 e. The Labute approximate surface area is 187 Å². The molecule has 0 aliphatic heterocycles. The number of carbonyl (C=O) groups is 2. The van der Waals surface area contributed by atoms with Crippen LogP contribution in [0.2, 0.25) is 0 Å². The molecular weight excluding hydrogens is 404 g/mol. The normalized spacial score (nSPS) is 14.1. The number of aryl methyl sites for hydroxylation is 1. The number of fused-ring (bicyclic) bond motifs is 3. The zero-order valence-electron chi connectivity index (χ0n) is 18.0. The molecule has 1 aliphatic rings. The zero-order valence-corrected chi connectivity index (χ0v) is 18.0. The molecule has 3 aromatic carbocycles. The number of carbonyl (C=O) groups excluding carboxylic acids is 2. The lowest BCUT2D eigenvalue weighted by Gasteiger charge is -2.22. The Morgan fingerprint density at radius 2 is 1.50 bits per heavy atom. The summed E-state index contributed by atoms with van der Waals surface area (Å²) in [6.07, 6.45) is -1.85. The number of amides is 2. The van der Waals surface area contributed by atoms with Crippen molar-refractivity contribution in [3.8, 4) is 11.1 Å². The van der Waals surface area contributed by atoms with Crippen LogP contribution < -0.4 is 10.6 Å². The van der Waals surface area contributed by atoms with E-state index in [2.05, 4.69) is 22.8 Å². The highest BCUT2D eigenvalue weighted by atomic mass is 16.5. The quantitative estimate of drug-likeness (QED) is 0.546. The first-order valence-electron chi connectivity index (χ1n) is 10.6. The summed E-state index contributed by atoms with van der Waals surface area (Å²) in [4.78, 5) is 25.2. The van der Waals surface area contributed by atoms with Crippen molar-refractivity contribution in [3.05, 3.63) is 89.5 Å². The van der Waals surface area contributed by atoms with Gasteiger partial charge in [0.15, 0.2) is 0 Å². The van der Waals surface area contributed by atoms with Crippen LogP contribution >= 0.6 is 0 Å². The highest BCUT2D eigenvalue weighted by Crippen LogP contribution is 2.44. The van der Waals surface area contributed by atoms with E-state index in [-0.39, 0.29) is 12.5 Å². The molecule has 0 fully saturated rings. The Kier molecular flexibility index (Phi) is 6.23. The summed E-state index contributed by atoms with van der Waals surface area (Å²) in [7, 11) is 0. The molecule has 2 amide bonds. The number of nitrogens with one attached hydrogen (secondary N) is 2. The lowest BCUT2D eigenvalue weighted by atomic mass is 9.98. The Balaban J connectivity index is 1.42. The summed E-state index contributed by atoms with van der Waals surface area (Å²) < 4.78 is 5.50. The van der Waals surface area contributed by atoms with Crippen molar-refractivity contribution < 1.29 is 19.4 Å². The van der Waals surface area contributed by atoms with Crippen molar-refractivity contribution in [2.45, 2.75) is 31.9 Å². The minimum atomic E-state index is -1.15. The van der Waals surface area contributed by atoms with Gasteiger partial charge in [-0.25, -0.2) is 4.79 Å². The minimum Gasteiger partial charge on any atom is -0.449 e. The minimum absolute atomic E-state index is 0.0843. The average Bonchev–Trinajstić information content (AvgIpc) is 3.11. The molecule has 1 unspecified atom stereocenters. The second-order valence-electron chi connectivity index (χ2n) is 7.99. The number of benzene rings is 3. The van der Waals surface area contributed by atoms with Crippen molar-refractivity contribution in [1.29, 1.82) is 0 Å². The molecule has 6 heteroatoms. The van der Waals surface area contributed by atoms with Crippen LogP contribution in [0.25, 0.3) is 11.1 Å². The maximum absolute atomic E-state index is 12.7. The number of anilines is 1. The van der Waals surface area contributed by atoms with E-state index < -0.39 is 24.1 Å². The molecule has 32 heavy (non-hydrogen) atoms. The third kappa shape index (κ3) is 4.36. The number of aliphatic hydroxyl groups excluding tert-OH is 1. The third-order valence-electron chi connectivity index (χ3n) is 5.78. The van der Waals surface area contributed by atoms with E-state index in [0.29, 0.717) is 5.69 Å². The van der Waals surface area contributed by atoms with Crippen molar-refractivity contribution in [2.75, 3.05) is 11.9 Å². The van der Waals surface area contributed by atoms with Crippen LogP contribution in [0.15, 0.2) is 72.8 Å². The molecule has 0 radical (unpaired) electrons. The summed E-state index contributed by atoms with van der Waals surface area (Å²) in [5, 5.41) is 15.3. The molecule has 0 heterocycles. The van der Waals surface area contributed by atoms with E-state index in [1.54, 1.807) is 12.1 Å². The number of para-hydroxylation sites is 1. The van der Waals surface area contributed by atoms with Crippen LogP contribution in [0.4, 0.5) is 10.5 Å². The predicted molar refractivity (Wildman–Crippen MR) is 123 cm³/mol. The van der Waals surface area contributed by atoms with Crippen LogP contribution in [0.1, 0.15) is 29.5 Å². The third-order valence-corrected chi connectivity index (χ3v) is 5.78. The van der Waals surface area contributed by atoms with E-state index in [9.17, 15) is 14.7 Å². The number of aliphatic hydroxyl groups is 1. The highest BCUT2D eigenvalue weighted by Gasteiger charge is 2.30. The van der Waals surface area contributed by atoms with E-state index >= 15 is 0 Å². The molecule has 1 aliphatic carbocycles. The van der Waals surface area contributed by atoms with Crippen LogP contribution in [-0.4, -0.2) is 35.9 Å². The number of hydrogen-bond acceptors (Lipinski definition) is 4. The smallest absolute Gasteiger partial charge is 0.407 e. The lowest BCUT2D eigenvalue weighted by Crippen LogP contribution is -2.50. The van der Waals surface area contributed by atoms with Crippen molar-refractivity contribution in [3.63, 3.8) is 0 Å². The molecule has 0 spiro atoms. The van der Waals surface area contributed by atoms with Gasteiger partial charge in [-0.05, 0) is 47.7 Å². The number of hydrogen-bond donors (Lipinski definition) is 3. The van der Waals surface area contributed by atoms with Gasteiger partial charge in [-0.15, -0.1) is 0 Å². The summed E-state index contributed by atoms with van der Waals surface area (Å²) in [6, 6.07) is 22.3. The summed E-state index contributed by atoms with van der Waals surface area (Å²) in [6.45, 7) is 3.45. The van der Waals surface area contributed by atoms with Crippen LogP contribution in [-0.2, 0) is 9.53 Å². The Bertz CT molecular complexity index is 1100. The van der Waals surface area contributed by atoms with Crippen molar-refractivity contribution in [2.24, 2.45) is 0 Å². The van der Waals surface area contributed by atoms with E-state index in [4.69, 9.17) is 4.74 Å². The van der Waals surface area contributed by atoms with Gasteiger partial charge in [-0.1, -0.05) is 66.7 Å². The number of alkyl carbamates (subject to hydrolysis) is 1. The molecule has 0 saturated heterocycles. The van der Waals surface area contributed by atoms with E-state index in [1.165, 1.54) is 6.92 Å². The van der Waals surface area contributed by atoms with Gasteiger partial charge < -0.3 is 20.5 Å². The van der Waals surface area contributed by atoms with Crippen LogP contribution in [0.3, 0.4) is 0 Å². The summed E-state index contributed by atoms with van der Waals surface area (Å²) in [5.74, 6) is -0.596. The van der Waals surface area contributed by atoms with E-state index in [0.717, 1.165) is 27.8 Å². The van der Waals surface area contributed by atoms with Crippen molar-refractivity contribution in [1.82, 2.24) is 5.32 Å². The summed E-state index contributed by atoms with van der Waals surface area (Å²) >= 11 is 0. The molecule has 0 aromatic heterocycles. The SMILES string of the molecule is Cc1ccccc1NC(=O)[C@@H](NC(=O)OCC1c2ccccc2-c2ccccc21)C(C)O. The first kappa shape index (κ1) is 21.6. The molecule has 164 valence electrons. The first-order chi connectivity index (χ1) is 15.5. The maximum atomic E-state index is 12.7. The monoisotopic (exact) mass is 430 g/mol. The number of rotatable bonds is 6. The first-order valence-corrected chi connectivity index (χ1v) is 10.6. The zero-order chi connectivity index (χ0) is 22.7. The predicted octanol–water partition coefficient (Wildman–Crippen LogP) is 4.22. The topological polar surface area (TPSA) is 87.7 Å². The standard InChI is InChI=1S/C26H26N2O4/c1-16-9-3-8-14-23(16)27-25(30)24(17(2)29)28-26(31)32-15-22-20-12-6-4-10-18(20)19-11-5-7-13-21(19)22/h3-14,17,22,24,29H,15H2,1-2H3,(H,27,30)(H,28,31)/t17?,24-/m0/s1. The lowest BCUT2D eigenvalue weighted by molar-refractivity contribution is -0.120. The van der Waals surface area contributed by atoms with Gasteiger partial charge in [0.05, 0.1) is 6.10 Å². The number of ether oxygens (including phenoxy) is 1. The van der Waals surface area contributed by atoms with Gasteiger partial charge in [0.2, 0.25) is 5.91 Å². The fraction of sp³-hybridized carbons (Fsp3) is 0.231. The fourth-order valence-electron chi connectivity index (χ4n) is 4.10. The van der Waals surface area contributed by atoms with Crippen LogP contribution in [0, 0.1) is 6.92 Å². The maximum Gasteiger partial charge on any atom is 0.407 e. The Hall–Kier alpha value is -3.64. The van der Waals surface area contributed by atoms with Gasteiger partial charge in [-0.3, -0.25) is 4.79 Å². The second-order valence-corrected chi connectivity index (χ2v) is 7.99. The fourth-order valence-corrected chi connectivity index (χ4v) is 4.10. The molecular formula is C26H26N2O4. The molecule has 2 atom stereocenters. The van der Waals surface area contributed by atoms with E-state index in [1.807, 2.05) is 55.5 Å². The van der Waals surface area contributed by atoms with Gasteiger partial charge in [-0.2, -0.15) is 0 Å². The molecule has 4 rings (SSSR count). The van der Waals surface area contributed by atoms with Gasteiger partial charge >= 0.3 is 6.09 Å². The summed E-state index contributed by atoms with van der Waals surface area (Å²) in [5.41, 5.74) is 5.98. The molecule has 0 bridgehead atoms. The van der Waals surface area contributed by atoms with Gasteiger partial charge in [0.25, 0.3) is 0 Å². The molecule has 6 nitrogen and oxygen atoms in total. The highest BCUT2D eigenvalue weighted by molar-refractivity contribution is 5.97. The molecule has 0 saturated carbocycles. The second kappa shape index (κ2) is 9.24. The molecule has 3 aromatic rings. The van der Waals surface area contributed by atoms with Crippen LogP contribution in [0.5, 0.6) is 0 Å². The Morgan fingerprint density at radius 1 is 0.938 bits per heavy atom. The average molecular weight is 431 g/mol. The Morgan fingerprint density at radius 3 is 2.09 bits per heavy atom. The van der Waals surface area contributed by atoms with Gasteiger partial charge in [0, 0.05) is 11.6 Å². The molecule has 3 N–H and O–H groups in total. The van der Waals surface area contributed by atoms with Crippen molar-refractivity contribution >= 4 is 17.7 Å².